The summed E-state index contributed by atoms with van der Waals surface area (Å²) >= 11 is 3.04. The van der Waals surface area contributed by atoms with Gasteiger partial charge in [0.2, 0.25) is 0 Å². The average molecular weight is 381 g/mol. The number of alkyl halides is 2. The first-order chi connectivity index (χ1) is 10.1. The summed E-state index contributed by atoms with van der Waals surface area (Å²) in [5.41, 5.74) is -1.04. The topological polar surface area (TPSA) is 71.5 Å². The lowest BCUT2D eigenvalue weighted by molar-refractivity contribution is 0.134. The van der Waals surface area contributed by atoms with Gasteiger partial charge in [-0.15, -0.1) is 0 Å². The fraction of sp³-hybridized carbons (Fsp3) is 0.571. The highest BCUT2D eigenvalue weighted by molar-refractivity contribution is 9.10. The summed E-state index contributed by atoms with van der Waals surface area (Å²) in [6.45, 7) is 5.56. The van der Waals surface area contributed by atoms with E-state index in [4.69, 9.17) is 9.84 Å². The fourth-order valence-corrected chi connectivity index (χ4v) is 2.54. The van der Waals surface area contributed by atoms with Crippen molar-refractivity contribution in [2.75, 3.05) is 6.61 Å². The molecule has 0 saturated carbocycles. The van der Waals surface area contributed by atoms with Crippen LogP contribution in [0.3, 0.4) is 0 Å². The maximum Gasteiger partial charge on any atom is 0.405 e. The average Bonchev–Trinajstić information content (AvgIpc) is 2.34. The summed E-state index contributed by atoms with van der Waals surface area (Å²) in [5, 5.41) is 11.2. The van der Waals surface area contributed by atoms with Crippen LogP contribution < -0.4 is 10.1 Å². The third kappa shape index (κ3) is 6.13. The van der Waals surface area contributed by atoms with Crippen molar-refractivity contribution in [3.63, 3.8) is 0 Å². The van der Waals surface area contributed by atoms with Crippen LogP contribution in [-0.2, 0) is 0 Å². The van der Waals surface area contributed by atoms with Crippen LogP contribution in [-0.4, -0.2) is 28.3 Å². The van der Waals surface area contributed by atoms with Gasteiger partial charge in [-0.2, -0.15) is 0 Å². The number of carbonyl (C=O) groups is 1. The van der Waals surface area contributed by atoms with Crippen LogP contribution in [0.4, 0.5) is 13.6 Å². The number of halogens is 3. The van der Waals surface area contributed by atoms with Crippen molar-refractivity contribution in [3.05, 3.63) is 22.4 Å². The molecule has 0 fully saturated rings. The predicted octanol–water partition coefficient (Wildman–Crippen LogP) is 4.23. The second-order valence-corrected chi connectivity index (χ2v) is 6.56. The highest BCUT2D eigenvalue weighted by atomic mass is 79.9. The van der Waals surface area contributed by atoms with E-state index in [1.165, 1.54) is 12.1 Å². The maximum atomic E-state index is 12.9. The van der Waals surface area contributed by atoms with Gasteiger partial charge < -0.3 is 15.2 Å². The molecule has 22 heavy (non-hydrogen) atoms. The van der Waals surface area contributed by atoms with E-state index in [2.05, 4.69) is 26.2 Å². The zero-order chi connectivity index (χ0) is 16.9. The Morgan fingerprint density at radius 3 is 2.68 bits per heavy atom. The minimum Gasteiger partial charge on any atom is -0.491 e. The van der Waals surface area contributed by atoms with E-state index in [1.54, 1.807) is 13.8 Å². The number of hydrogen-bond acceptors (Lipinski definition) is 3. The first-order valence-corrected chi connectivity index (χ1v) is 7.48. The SMILES string of the molecule is C[C@H](COc1ccc(Br)nc1C(F)F)CC(C)(C)NC(=O)O. The molecule has 0 saturated heterocycles. The minimum atomic E-state index is -2.73. The Morgan fingerprint density at radius 1 is 1.50 bits per heavy atom. The third-order valence-electron chi connectivity index (χ3n) is 2.89. The quantitative estimate of drug-likeness (QED) is 0.694. The zero-order valence-corrected chi connectivity index (χ0v) is 14.2. The number of hydrogen-bond donors (Lipinski definition) is 2. The summed E-state index contributed by atoms with van der Waals surface area (Å²) in [6.07, 6.45) is -3.32. The lowest BCUT2D eigenvalue weighted by Crippen LogP contribution is -2.44. The third-order valence-corrected chi connectivity index (χ3v) is 3.33. The molecule has 0 spiro atoms. The number of rotatable bonds is 7. The minimum absolute atomic E-state index is 0.0315. The van der Waals surface area contributed by atoms with Gasteiger partial charge in [0.1, 0.15) is 16.0 Å². The van der Waals surface area contributed by atoms with E-state index >= 15 is 0 Å². The van der Waals surface area contributed by atoms with Crippen molar-refractivity contribution in [2.45, 2.75) is 39.2 Å². The summed E-state index contributed by atoms with van der Waals surface area (Å²) in [4.78, 5) is 14.4. The van der Waals surface area contributed by atoms with Crippen molar-refractivity contribution in [1.29, 1.82) is 0 Å². The zero-order valence-electron chi connectivity index (χ0n) is 12.6. The number of amides is 1. The molecule has 1 amide bonds. The molecular formula is C14H19BrF2N2O3. The standard InChI is InChI=1S/C14H19BrF2N2O3/c1-8(6-14(2,3)19-13(20)21)7-22-9-4-5-10(15)18-11(9)12(16)17/h4-5,8,12,19H,6-7H2,1-3H3,(H,20,21)/t8-/m0/s1. The van der Waals surface area contributed by atoms with Gasteiger partial charge in [-0.05, 0) is 54.2 Å². The molecule has 1 rings (SSSR count). The van der Waals surface area contributed by atoms with Gasteiger partial charge in [0, 0.05) is 5.54 Å². The molecule has 8 heteroatoms. The van der Waals surface area contributed by atoms with Crippen molar-refractivity contribution < 1.29 is 23.4 Å². The molecule has 1 aromatic heterocycles. The van der Waals surface area contributed by atoms with Crippen LogP contribution in [0.1, 0.15) is 39.3 Å². The van der Waals surface area contributed by atoms with Gasteiger partial charge in [-0.1, -0.05) is 6.92 Å². The number of nitrogens with one attached hydrogen (secondary N) is 1. The molecule has 0 aliphatic carbocycles. The Kier molecular flexibility index (Phi) is 6.52. The number of ether oxygens (including phenoxy) is 1. The van der Waals surface area contributed by atoms with Gasteiger partial charge in [-0.3, -0.25) is 0 Å². The van der Waals surface area contributed by atoms with E-state index in [-0.39, 0.29) is 18.3 Å². The van der Waals surface area contributed by atoms with Crippen LogP contribution in [0.25, 0.3) is 0 Å². The van der Waals surface area contributed by atoms with Gasteiger partial charge in [-0.25, -0.2) is 18.6 Å². The summed E-state index contributed by atoms with van der Waals surface area (Å²) < 4.78 is 31.6. The van der Waals surface area contributed by atoms with E-state index in [1.807, 2.05) is 6.92 Å². The predicted molar refractivity (Wildman–Crippen MR) is 81.4 cm³/mol. The number of nitrogens with zero attached hydrogens (tertiary/aromatic N) is 1. The molecule has 5 nitrogen and oxygen atoms in total. The molecule has 0 unspecified atom stereocenters. The van der Waals surface area contributed by atoms with Crippen LogP contribution in [0.15, 0.2) is 16.7 Å². The molecule has 1 aromatic rings. The van der Waals surface area contributed by atoms with Crippen molar-refractivity contribution in [1.82, 2.24) is 10.3 Å². The molecule has 1 atom stereocenters. The largest absolute Gasteiger partial charge is 0.491 e. The molecule has 0 bridgehead atoms. The Balaban J connectivity index is 2.64. The van der Waals surface area contributed by atoms with Crippen LogP contribution in [0.5, 0.6) is 5.75 Å². The molecular weight excluding hydrogens is 362 g/mol. The van der Waals surface area contributed by atoms with Crippen molar-refractivity contribution >= 4 is 22.0 Å². The monoisotopic (exact) mass is 380 g/mol. The number of aromatic nitrogens is 1. The van der Waals surface area contributed by atoms with Gasteiger partial charge >= 0.3 is 6.09 Å². The summed E-state index contributed by atoms with van der Waals surface area (Å²) in [5.74, 6) is 0.00469. The molecule has 0 aliphatic rings. The molecule has 0 aromatic carbocycles. The number of pyridine rings is 1. The van der Waals surface area contributed by atoms with Crippen LogP contribution >= 0.6 is 15.9 Å². The molecule has 124 valence electrons. The lowest BCUT2D eigenvalue weighted by atomic mass is 9.92. The van der Waals surface area contributed by atoms with Gasteiger partial charge in [0.15, 0.2) is 0 Å². The molecule has 2 N–H and O–H groups in total. The van der Waals surface area contributed by atoms with Crippen molar-refractivity contribution in [2.24, 2.45) is 5.92 Å². The normalized spacial score (nSPS) is 13.0. The van der Waals surface area contributed by atoms with Gasteiger partial charge in [0.25, 0.3) is 6.43 Å². The molecule has 0 radical (unpaired) electrons. The lowest BCUT2D eigenvalue weighted by Gasteiger charge is -2.28. The molecule has 0 aliphatic heterocycles. The number of carboxylic acid groups (broad SMARTS) is 1. The molecule has 1 heterocycles. The summed E-state index contributed by atoms with van der Waals surface area (Å²) in [6, 6.07) is 2.97. The Labute approximate surface area is 136 Å². The van der Waals surface area contributed by atoms with Crippen molar-refractivity contribution in [3.8, 4) is 5.75 Å². The fourth-order valence-electron chi connectivity index (χ4n) is 2.22. The second-order valence-electron chi connectivity index (χ2n) is 5.75. The van der Waals surface area contributed by atoms with E-state index in [0.717, 1.165) is 0 Å². The second kappa shape index (κ2) is 7.71. The highest BCUT2D eigenvalue weighted by Gasteiger charge is 2.24. The van der Waals surface area contributed by atoms with E-state index in [0.29, 0.717) is 11.0 Å². The van der Waals surface area contributed by atoms with E-state index in [9.17, 15) is 13.6 Å². The Hall–Kier alpha value is -1.44. The van der Waals surface area contributed by atoms with E-state index < -0.39 is 23.8 Å². The smallest absolute Gasteiger partial charge is 0.405 e. The van der Waals surface area contributed by atoms with Crippen LogP contribution in [0, 0.1) is 5.92 Å². The summed E-state index contributed by atoms with van der Waals surface area (Å²) in [7, 11) is 0. The first-order valence-electron chi connectivity index (χ1n) is 6.69. The first kappa shape index (κ1) is 18.6. The Bertz CT molecular complexity index is 527. The highest BCUT2D eigenvalue weighted by Crippen LogP contribution is 2.29. The Morgan fingerprint density at radius 2 is 2.14 bits per heavy atom. The van der Waals surface area contributed by atoms with Crippen LogP contribution in [0.2, 0.25) is 0 Å². The maximum absolute atomic E-state index is 12.9. The van der Waals surface area contributed by atoms with Gasteiger partial charge in [0.05, 0.1) is 6.61 Å².